The van der Waals surface area contributed by atoms with Gasteiger partial charge in [-0.15, -0.1) is 0 Å². The van der Waals surface area contributed by atoms with Crippen LogP contribution in [0.15, 0.2) is 60.7 Å². The molecule has 38 heavy (non-hydrogen) atoms. The number of carbonyl (C=O) groups excluding carboxylic acids is 1. The Balaban J connectivity index is 1.55. The van der Waals surface area contributed by atoms with E-state index >= 15 is 0 Å². The van der Waals surface area contributed by atoms with E-state index in [9.17, 15) is 32.9 Å². The molecule has 0 radical (unpaired) electrons. The molecule has 1 heterocycles. The van der Waals surface area contributed by atoms with Gasteiger partial charge in [-0.1, -0.05) is 18.2 Å². The summed E-state index contributed by atoms with van der Waals surface area (Å²) in [5.41, 5.74) is 0.847. The van der Waals surface area contributed by atoms with Gasteiger partial charge in [0.25, 0.3) is 5.69 Å². The van der Waals surface area contributed by atoms with Gasteiger partial charge >= 0.3 is 12.1 Å². The molecule has 0 amide bonds. The summed E-state index contributed by atoms with van der Waals surface area (Å²) in [4.78, 5) is 37.9. The standard InChI is InChI=1S/C26H23F3N4O5/c27-26(28,29)19-2-1-3-20(14-19)31-10-12-32(13-11-31)24-21(16-34)22(8-9-23(24)33(37)38)30-15-17-4-6-18(7-5-17)25(35)36/h1-9,14,16,30H,10-13,15H2,(H,35,36). The summed E-state index contributed by atoms with van der Waals surface area (Å²) >= 11 is 0. The van der Waals surface area contributed by atoms with Crippen molar-refractivity contribution < 1.29 is 32.8 Å². The average molecular weight is 528 g/mol. The van der Waals surface area contributed by atoms with Crippen molar-refractivity contribution in [1.29, 1.82) is 0 Å². The number of halogens is 3. The van der Waals surface area contributed by atoms with Crippen LogP contribution < -0.4 is 15.1 Å². The second-order valence-corrected chi connectivity index (χ2v) is 8.65. The van der Waals surface area contributed by atoms with Crippen LogP contribution in [0, 0.1) is 10.1 Å². The van der Waals surface area contributed by atoms with Crippen molar-refractivity contribution in [2.75, 3.05) is 41.3 Å². The fourth-order valence-corrected chi connectivity index (χ4v) is 4.38. The summed E-state index contributed by atoms with van der Waals surface area (Å²) in [5, 5.41) is 23.9. The van der Waals surface area contributed by atoms with Gasteiger partial charge in [-0.25, -0.2) is 4.79 Å². The molecule has 0 unspecified atom stereocenters. The first-order valence-corrected chi connectivity index (χ1v) is 11.6. The number of hydrogen-bond acceptors (Lipinski definition) is 7. The quantitative estimate of drug-likeness (QED) is 0.237. The molecule has 3 aromatic carbocycles. The summed E-state index contributed by atoms with van der Waals surface area (Å²) in [6.07, 6.45) is -3.93. The number of nitro benzene ring substituents is 1. The highest BCUT2D eigenvalue weighted by Gasteiger charge is 2.32. The predicted octanol–water partition coefficient (Wildman–Crippen LogP) is 5.06. The lowest BCUT2D eigenvalue weighted by Crippen LogP contribution is -2.47. The van der Waals surface area contributed by atoms with Crippen LogP contribution in [0.3, 0.4) is 0 Å². The van der Waals surface area contributed by atoms with Crippen LogP contribution in [-0.4, -0.2) is 48.5 Å². The van der Waals surface area contributed by atoms with E-state index in [1.165, 1.54) is 30.3 Å². The fourth-order valence-electron chi connectivity index (χ4n) is 4.38. The minimum absolute atomic E-state index is 0.0916. The Morgan fingerprint density at radius 3 is 2.26 bits per heavy atom. The molecule has 0 aromatic heterocycles. The number of aromatic carboxylic acids is 1. The van der Waals surface area contributed by atoms with Gasteiger partial charge < -0.3 is 20.2 Å². The van der Waals surface area contributed by atoms with Gasteiger partial charge in [0.2, 0.25) is 0 Å². The Bertz CT molecular complexity index is 1350. The SMILES string of the molecule is O=Cc1c(NCc2ccc(C(=O)O)cc2)ccc([N+](=O)[O-])c1N1CCN(c2cccc(C(F)(F)F)c2)CC1. The summed E-state index contributed by atoms with van der Waals surface area (Å²) in [7, 11) is 0. The highest BCUT2D eigenvalue weighted by Crippen LogP contribution is 2.37. The van der Waals surface area contributed by atoms with E-state index in [0.717, 1.165) is 17.7 Å². The normalized spacial score (nSPS) is 13.8. The first kappa shape index (κ1) is 26.5. The van der Waals surface area contributed by atoms with Gasteiger partial charge in [0.05, 0.1) is 21.6 Å². The summed E-state index contributed by atoms with van der Waals surface area (Å²) in [6, 6.07) is 13.9. The van der Waals surface area contributed by atoms with Crippen LogP contribution in [0.5, 0.6) is 0 Å². The van der Waals surface area contributed by atoms with Gasteiger partial charge in [-0.05, 0) is 42.0 Å². The van der Waals surface area contributed by atoms with E-state index in [1.807, 2.05) is 0 Å². The molecule has 198 valence electrons. The van der Waals surface area contributed by atoms with Crippen LogP contribution in [-0.2, 0) is 12.7 Å². The molecule has 4 rings (SSSR count). The molecule has 1 fully saturated rings. The number of piperazine rings is 1. The number of carboxylic acid groups (broad SMARTS) is 1. The molecule has 0 spiro atoms. The Morgan fingerprint density at radius 2 is 1.68 bits per heavy atom. The summed E-state index contributed by atoms with van der Waals surface area (Å²) in [6.45, 7) is 1.33. The maximum atomic E-state index is 13.1. The van der Waals surface area contributed by atoms with E-state index in [-0.39, 0.29) is 42.1 Å². The van der Waals surface area contributed by atoms with E-state index in [2.05, 4.69) is 5.32 Å². The lowest BCUT2D eigenvalue weighted by atomic mass is 10.1. The number of hydrogen-bond donors (Lipinski definition) is 2. The van der Waals surface area contributed by atoms with E-state index in [4.69, 9.17) is 5.11 Å². The zero-order valence-electron chi connectivity index (χ0n) is 19.9. The van der Waals surface area contributed by atoms with Gasteiger partial charge in [0.15, 0.2) is 6.29 Å². The van der Waals surface area contributed by atoms with E-state index in [0.29, 0.717) is 30.8 Å². The van der Waals surface area contributed by atoms with Gasteiger partial charge in [0.1, 0.15) is 5.69 Å². The number of nitrogens with zero attached hydrogens (tertiary/aromatic N) is 3. The average Bonchev–Trinajstić information content (AvgIpc) is 2.91. The zero-order valence-corrected chi connectivity index (χ0v) is 19.9. The monoisotopic (exact) mass is 528 g/mol. The number of aldehydes is 1. The molecule has 0 bridgehead atoms. The molecule has 1 aliphatic heterocycles. The van der Waals surface area contributed by atoms with Crippen LogP contribution >= 0.6 is 0 Å². The molecule has 2 N–H and O–H groups in total. The number of nitro groups is 1. The number of benzene rings is 3. The Labute approximate surface area is 215 Å². The van der Waals surface area contributed by atoms with Crippen LogP contribution in [0.25, 0.3) is 0 Å². The minimum atomic E-state index is -4.47. The molecular weight excluding hydrogens is 505 g/mol. The number of carbonyl (C=O) groups is 2. The largest absolute Gasteiger partial charge is 0.478 e. The molecule has 0 atom stereocenters. The van der Waals surface area contributed by atoms with Crippen molar-refractivity contribution in [1.82, 2.24) is 0 Å². The highest BCUT2D eigenvalue weighted by molar-refractivity contribution is 5.96. The lowest BCUT2D eigenvalue weighted by molar-refractivity contribution is -0.384. The van der Waals surface area contributed by atoms with Crippen molar-refractivity contribution in [2.24, 2.45) is 0 Å². The van der Waals surface area contributed by atoms with E-state index in [1.54, 1.807) is 28.0 Å². The Kier molecular flexibility index (Phi) is 7.51. The number of carboxylic acids is 1. The summed E-state index contributed by atoms with van der Waals surface area (Å²) < 4.78 is 39.4. The molecule has 12 heteroatoms. The van der Waals surface area contributed by atoms with Gasteiger partial charge in [0, 0.05) is 50.2 Å². The minimum Gasteiger partial charge on any atom is -0.478 e. The number of anilines is 3. The molecular formula is C26H23F3N4O5. The van der Waals surface area contributed by atoms with Gasteiger partial charge in [-0.3, -0.25) is 14.9 Å². The van der Waals surface area contributed by atoms with Crippen LogP contribution in [0.1, 0.15) is 31.8 Å². The molecule has 1 aliphatic rings. The van der Waals surface area contributed by atoms with Crippen molar-refractivity contribution in [2.45, 2.75) is 12.7 Å². The maximum Gasteiger partial charge on any atom is 0.416 e. The topological polar surface area (TPSA) is 116 Å². The third kappa shape index (κ3) is 5.69. The second kappa shape index (κ2) is 10.8. The van der Waals surface area contributed by atoms with E-state index < -0.39 is 22.6 Å². The number of nitrogens with one attached hydrogen (secondary N) is 1. The van der Waals surface area contributed by atoms with Crippen molar-refractivity contribution in [3.8, 4) is 0 Å². The molecule has 0 aliphatic carbocycles. The molecule has 9 nitrogen and oxygen atoms in total. The predicted molar refractivity (Wildman–Crippen MR) is 135 cm³/mol. The number of alkyl halides is 3. The van der Waals surface area contributed by atoms with Crippen molar-refractivity contribution in [3.63, 3.8) is 0 Å². The zero-order chi connectivity index (χ0) is 27.4. The number of rotatable bonds is 8. The molecule has 1 saturated heterocycles. The highest BCUT2D eigenvalue weighted by atomic mass is 19.4. The first-order valence-electron chi connectivity index (χ1n) is 11.6. The first-order chi connectivity index (χ1) is 18.1. The summed E-state index contributed by atoms with van der Waals surface area (Å²) in [5.74, 6) is -1.05. The second-order valence-electron chi connectivity index (χ2n) is 8.65. The van der Waals surface area contributed by atoms with Crippen LogP contribution in [0.2, 0.25) is 0 Å². The fraction of sp³-hybridized carbons (Fsp3) is 0.231. The lowest BCUT2D eigenvalue weighted by Gasteiger charge is -2.38. The Hall–Kier alpha value is -4.61. The van der Waals surface area contributed by atoms with Crippen molar-refractivity contribution in [3.05, 3.63) is 93.0 Å². The molecule has 3 aromatic rings. The Morgan fingerprint density at radius 1 is 1.03 bits per heavy atom. The maximum absolute atomic E-state index is 13.1. The third-order valence-corrected chi connectivity index (χ3v) is 6.33. The van der Waals surface area contributed by atoms with Crippen molar-refractivity contribution >= 4 is 35.0 Å². The smallest absolute Gasteiger partial charge is 0.416 e. The third-order valence-electron chi connectivity index (χ3n) is 6.33. The van der Waals surface area contributed by atoms with Gasteiger partial charge in [-0.2, -0.15) is 13.2 Å². The molecule has 0 saturated carbocycles. The van der Waals surface area contributed by atoms with Crippen LogP contribution in [0.4, 0.5) is 35.9 Å².